The monoisotopic (exact) mass is 402 g/mol. The standard InChI is InChI=1S/C22H19ClN6/c1-14-2-3-19-15(6-14)7-16(21(23)27-19)11-29-5-4-20-18(12-29)10-26-22(28-20)17-8-24-13-25-9-17/h2-3,6-10,13H,4-5,11-12H2,1H3. The number of benzene rings is 1. The molecule has 0 fully saturated rings. The van der Waals surface area contributed by atoms with Crippen LogP contribution < -0.4 is 0 Å². The summed E-state index contributed by atoms with van der Waals surface area (Å²) in [6.07, 6.45) is 7.77. The van der Waals surface area contributed by atoms with Gasteiger partial charge < -0.3 is 0 Å². The summed E-state index contributed by atoms with van der Waals surface area (Å²) in [5, 5.41) is 1.70. The number of aryl methyl sites for hydroxylation is 1. The molecule has 7 heteroatoms. The number of rotatable bonds is 3. The second-order valence-electron chi connectivity index (χ2n) is 7.39. The second-order valence-corrected chi connectivity index (χ2v) is 7.75. The zero-order chi connectivity index (χ0) is 19.8. The molecule has 5 rings (SSSR count). The van der Waals surface area contributed by atoms with Gasteiger partial charge in [0.05, 0.1) is 16.8 Å². The molecule has 0 unspecified atom stereocenters. The molecule has 4 heterocycles. The second kappa shape index (κ2) is 7.46. The molecular weight excluding hydrogens is 384 g/mol. The molecule has 0 spiro atoms. The average Bonchev–Trinajstić information content (AvgIpc) is 2.75. The van der Waals surface area contributed by atoms with E-state index in [1.54, 1.807) is 12.4 Å². The van der Waals surface area contributed by atoms with Crippen LogP contribution in [0.4, 0.5) is 0 Å². The lowest BCUT2D eigenvalue weighted by atomic mass is 10.1. The summed E-state index contributed by atoms with van der Waals surface area (Å²) < 4.78 is 0. The minimum Gasteiger partial charge on any atom is -0.294 e. The van der Waals surface area contributed by atoms with Crippen LogP contribution in [0, 0.1) is 6.92 Å². The quantitative estimate of drug-likeness (QED) is 0.482. The normalized spacial score (nSPS) is 14.1. The van der Waals surface area contributed by atoms with Gasteiger partial charge in [-0.25, -0.2) is 24.9 Å². The van der Waals surface area contributed by atoms with Crippen LogP contribution in [-0.4, -0.2) is 36.4 Å². The lowest BCUT2D eigenvalue weighted by molar-refractivity contribution is 0.243. The first kappa shape index (κ1) is 18.1. The summed E-state index contributed by atoms with van der Waals surface area (Å²) in [7, 11) is 0. The van der Waals surface area contributed by atoms with Crippen molar-refractivity contribution >= 4 is 22.5 Å². The third kappa shape index (κ3) is 3.69. The Morgan fingerprint density at radius 1 is 1.07 bits per heavy atom. The van der Waals surface area contributed by atoms with Crippen molar-refractivity contribution in [2.24, 2.45) is 0 Å². The minimum absolute atomic E-state index is 0.572. The Bertz CT molecular complexity index is 1190. The topological polar surface area (TPSA) is 67.7 Å². The molecule has 0 N–H and O–H groups in total. The number of halogens is 1. The molecular formula is C22H19ClN6. The van der Waals surface area contributed by atoms with Crippen LogP contribution in [0.15, 0.2) is 49.2 Å². The fourth-order valence-electron chi connectivity index (χ4n) is 3.73. The zero-order valence-electron chi connectivity index (χ0n) is 16.0. The van der Waals surface area contributed by atoms with Gasteiger partial charge in [0, 0.05) is 61.2 Å². The fraction of sp³-hybridized carbons (Fsp3) is 0.227. The Morgan fingerprint density at radius 2 is 1.93 bits per heavy atom. The molecule has 0 atom stereocenters. The minimum atomic E-state index is 0.572. The Morgan fingerprint density at radius 3 is 2.79 bits per heavy atom. The zero-order valence-corrected chi connectivity index (χ0v) is 16.8. The van der Waals surface area contributed by atoms with Gasteiger partial charge in [0.1, 0.15) is 11.5 Å². The Labute approximate surface area is 173 Å². The van der Waals surface area contributed by atoms with Crippen molar-refractivity contribution in [2.45, 2.75) is 26.4 Å². The van der Waals surface area contributed by atoms with Gasteiger partial charge in [-0.05, 0) is 25.1 Å². The number of hydrogen-bond acceptors (Lipinski definition) is 6. The highest BCUT2D eigenvalue weighted by molar-refractivity contribution is 6.30. The van der Waals surface area contributed by atoms with Crippen molar-refractivity contribution in [3.8, 4) is 11.4 Å². The van der Waals surface area contributed by atoms with Crippen molar-refractivity contribution in [3.05, 3.63) is 76.7 Å². The van der Waals surface area contributed by atoms with Crippen molar-refractivity contribution in [2.75, 3.05) is 6.54 Å². The molecule has 0 aliphatic carbocycles. The molecule has 6 nitrogen and oxygen atoms in total. The van der Waals surface area contributed by atoms with E-state index in [1.807, 2.05) is 12.3 Å². The van der Waals surface area contributed by atoms with E-state index in [0.717, 1.165) is 59.3 Å². The fourth-order valence-corrected chi connectivity index (χ4v) is 3.94. The molecule has 4 aromatic rings. The first-order chi connectivity index (χ1) is 14.2. The van der Waals surface area contributed by atoms with E-state index in [-0.39, 0.29) is 0 Å². The lowest BCUT2D eigenvalue weighted by Crippen LogP contribution is -2.31. The number of nitrogens with zero attached hydrogens (tertiary/aromatic N) is 6. The number of aromatic nitrogens is 5. The van der Waals surface area contributed by atoms with Gasteiger partial charge in [0.2, 0.25) is 0 Å². The van der Waals surface area contributed by atoms with Crippen LogP contribution in [0.5, 0.6) is 0 Å². The van der Waals surface area contributed by atoms with Gasteiger partial charge in [-0.1, -0.05) is 23.2 Å². The Hall–Kier alpha value is -2.96. The van der Waals surface area contributed by atoms with Gasteiger partial charge in [-0.15, -0.1) is 0 Å². The van der Waals surface area contributed by atoms with Crippen LogP contribution >= 0.6 is 11.6 Å². The maximum Gasteiger partial charge on any atom is 0.162 e. The third-order valence-electron chi connectivity index (χ3n) is 5.22. The molecule has 0 saturated carbocycles. The molecule has 3 aromatic heterocycles. The van der Waals surface area contributed by atoms with Gasteiger partial charge in [0.15, 0.2) is 5.82 Å². The highest BCUT2D eigenvalue weighted by Gasteiger charge is 2.20. The summed E-state index contributed by atoms with van der Waals surface area (Å²) in [6.45, 7) is 4.55. The van der Waals surface area contributed by atoms with E-state index >= 15 is 0 Å². The van der Waals surface area contributed by atoms with Crippen LogP contribution in [0.2, 0.25) is 5.15 Å². The summed E-state index contributed by atoms with van der Waals surface area (Å²) in [5.41, 5.74) is 6.27. The summed E-state index contributed by atoms with van der Waals surface area (Å²) >= 11 is 6.48. The predicted octanol–water partition coefficient (Wildman–Crippen LogP) is 4.00. The van der Waals surface area contributed by atoms with Crippen LogP contribution in [0.1, 0.15) is 22.4 Å². The summed E-state index contributed by atoms with van der Waals surface area (Å²) in [5.74, 6) is 0.676. The summed E-state index contributed by atoms with van der Waals surface area (Å²) in [6, 6.07) is 8.38. The molecule has 29 heavy (non-hydrogen) atoms. The Balaban J connectivity index is 1.37. The maximum atomic E-state index is 6.48. The van der Waals surface area contributed by atoms with E-state index < -0.39 is 0 Å². The van der Waals surface area contributed by atoms with E-state index in [4.69, 9.17) is 16.6 Å². The first-order valence-corrected chi connectivity index (χ1v) is 9.92. The molecule has 0 saturated heterocycles. The molecule has 0 bridgehead atoms. The molecule has 1 aliphatic heterocycles. The maximum absolute atomic E-state index is 6.48. The molecule has 1 aromatic carbocycles. The third-order valence-corrected chi connectivity index (χ3v) is 5.55. The molecule has 0 radical (unpaired) electrons. The number of hydrogen-bond donors (Lipinski definition) is 0. The molecule has 144 valence electrons. The predicted molar refractivity (Wildman–Crippen MR) is 112 cm³/mol. The van der Waals surface area contributed by atoms with E-state index in [0.29, 0.717) is 11.0 Å². The van der Waals surface area contributed by atoms with E-state index in [1.165, 1.54) is 11.9 Å². The molecule has 1 aliphatic rings. The van der Waals surface area contributed by atoms with Gasteiger partial charge in [0.25, 0.3) is 0 Å². The van der Waals surface area contributed by atoms with E-state index in [2.05, 4.69) is 50.0 Å². The Kier molecular flexibility index (Phi) is 4.66. The SMILES string of the molecule is Cc1ccc2nc(Cl)c(CN3CCc4nc(-c5cncnc5)ncc4C3)cc2c1. The van der Waals surface area contributed by atoms with Crippen molar-refractivity contribution < 1.29 is 0 Å². The number of fused-ring (bicyclic) bond motifs is 2. The molecule has 0 amide bonds. The van der Waals surface area contributed by atoms with Crippen LogP contribution in [0.25, 0.3) is 22.3 Å². The largest absolute Gasteiger partial charge is 0.294 e. The van der Waals surface area contributed by atoms with Crippen molar-refractivity contribution in [3.63, 3.8) is 0 Å². The highest BCUT2D eigenvalue weighted by Crippen LogP contribution is 2.26. The van der Waals surface area contributed by atoms with Crippen LogP contribution in [-0.2, 0) is 19.5 Å². The van der Waals surface area contributed by atoms with Gasteiger partial charge in [-0.3, -0.25) is 4.90 Å². The van der Waals surface area contributed by atoms with Gasteiger partial charge in [-0.2, -0.15) is 0 Å². The van der Waals surface area contributed by atoms with Gasteiger partial charge >= 0.3 is 0 Å². The lowest BCUT2D eigenvalue weighted by Gasteiger charge is -2.28. The van der Waals surface area contributed by atoms with Crippen molar-refractivity contribution in [1.82, 2.24) is 29.8 Å². The van der Waals surface area contributed by atoms with Crippen LogP contribution in [0.3, 0.4) is 0 Å². The first-order valence-electron chi connectivity index (χ1n) is 9.54. The highest BCUT2D eigenvalue weighted by atomic mass is 35.5. The smallest absolute Gasteiger partial charge is 0.162 e. The van der Waals surface area contributed by atoms with Crippen molar-refractivity contribution in [1.29, 1.82) is 0 Å². The van der Waals surface area contributed by atoms with E-state index in [9.17, 15) is 0 Å². The average molecular weight is 403 g/mol. The summed E-state index contributed by atoms with van der Waals surface area (Å²) in [4.78, 5) is 24.3. The number of pyridine rings is 1.